The molecular weight excluding hydrogens is 226 g/mol. The van der Waals surface area contributed by atoms with Crippen molar-refractivity contribution >= 4 is 5.96 Å². The number of aryl methyl sites for hydroxylation is 3. The van der Waals surface area contributed by atoms with E-state index in [0.29, 0.717) is 12.5 Å². The predicted octanol–water partition coefficient (Wildman–Crippen LogP) is 1.37. The maximum Gasteiger partial charge on any atom is 0.188 e. The zero-order chi connectivity index (χ0) is 13.5. The van der Waals surface area contributed by atoms with E-state index in [1.165, 1.54) is 5.69 Å². The first-order valence-corrected chi connectivity index (χ1v) is 6.18. The Morgan fingerprint density at radius 2 is 2.28 bits per heavy atom. The number of aliphatic imine (C=N–C) groups is 1. The van der Waals surface area contributed by atoms with E-state index < -0.39 is 0 Å². The number of nitrogens with zero attached hydrogens (tertiary/aromatic N) is 3. The second-order valence-corrected chi connectivity index (χ2v) is 4.59. The Bertz CT molecular complexity index is 431. The first-order chi connectivity index (χ1) is 8.49. The summed E-state index contributed by atoms with van der Waals surface area (Å²) in [5.41, 5.74) is 8.96. The van der Waals surface area contributed by atoms with E-state index in [4.69, 9.17) is 5.73 Å². The van der Waals surface area contributed by atoms with Crippen LogP contribution in [-0.4, -0.2) is 28.8 Å². The van der Waals surface area contributed by atoms with Gasteiger partial charge in [-0.05, 0) is 33.3 Å². The highest BCUT2D eigenvalue weighted by molar-refractivity contribution is 5.77. The van der Waals surface area contributed by atoms with Crippen LogP contribution in [0, 0.1) is 13.8 Å². The second-order valence-electron chi connectivity index (χ2n) is 4.59. The first kappa shape index (κ1) is 14.3. The molecule has 0 fully saturated rings. The molecule has 0 spiro atoms. The van der Waals surface area contributed by atoms with Crippen LogP contribution in [0.3, 0.4) is 0 Å². The number of nitrogens with one attached hydrogen (secondary N) is 1. The van der Waals surface area contributed by atoms with Gasteiger partial charge in [0.05, 0.1) is 12.2 Å². The maximum atomic E-state index is 5.71. The van der Waals surface area contributed by atoms with Crippen LogP contribution in [-0.2, 0) is 6.54 Å². The van der Waals surface area contributed by atoms with Gasteiger partial charge in [-0.1, -0.05) is 12.2 Å². The molecule has 0 unspecified atom stereocenters. The molecule has 0 atom stereocenters. The van der Waals surface area contributed by atoms with Crippen LogP contribution in [0.5, 0.6) is 0 Å². The number of hydrogen-bond donors (Lipinski definition) is 2. The Labute approximate surface area is 109 Å². The zero-order valence-electron chi connectivity index (χ0n) is 11.5. The number of guanidine groups is 1. The lowest BCUT2D eigenvalue weighted by molar-refractivity contribution is 0.557. The van der Waals surface area contributed by atoms with Crippen LogP contribution in [0.1, 0.15) is 24.7 Å². The van der Waals surface area contributed by atoms with E-state index in [1.807, 2.05) is 18.5 Å². The average molecular weight is 249 g/mol. The highest BCUT2D eigenvalue weighted by Crippen LogP contribution is 2.02. The van der Waals surface area contributed by atoms with Gasteiger partial charge >= 0.3 is 0 Å². The summed E-state index contributed by atoms with van der Waals surface area (Å²) in [6.45, 7) is 12.0. The molecule has 0 radical (unpaired) electrons. The second kappa shape index (κ2) is 6.83. The van der Waals surface area contributed by atoms with Gasteiger partial charge in [0.1, 0.15) is 0 Å². The van der Waals surface area contributed by atoms with Gasteiger partial charge in [0, 0.05) is 18.8 Å². The number of rotatable bonds is 6. The van der Waals surface area contributed by atoms with Crippen molar-refractivity contribution in [1.82, 2.24) is 15.1 Å². The number of nitrogens with two attached hydrogens (primary N) is 1. The highest BCUT2D eigenvalue weighted by Gasteiger charge is 2.00. The fourth-order valence-electron chi connectivity index (χ4n) is 1.62. The summed E-state index contributed by atoms with van der Waals surface area (Å²) in [6, 6.07) is 2.08. The van der Waals surface area contributed by atoms with Crippen LogP contribution in [0.2, 0.25) is 0 Å². The van der Waals surface area contributed by atoms with E-state index in [1.54, 1.807) is 0 Å². The van der Waals surface area contributed by atoms with E-state index >= 15 is 0 Å². The quantitative estimate of drug-likeness (QED) is 0.346. The van der Waals surface area contributed by atoms with Crippen LogP contribution >= 0.6 is 0 Å². The summed E-state index contributed by atoms with van der Waals surface area (Å²) >= 11 is 0. The molecule has 0 aliphatic rings. The van der Waals surface area contributed by atoms with Gasteiger partial charge in [-0.2, -0.15) is 5.10 Å². The summed E-state index contributed by atoms with van der Waals surface area (Å²) < 4.78 is 2.01. The molecule has 1 heterocycles. The monoisotopic (exact) mass is 249 g/mol. The number of hydrogen-bond acceptors (Lipinski definition) is 2. The maximum absolute atomic E-state index is 5.71. The van der Waals surface area contributed by atoms with Crippen molar-refractivity contribution in [2.75, 3.05) is 13.1 Å². The van der Waals surface area contributed by atoms with Gasteiger partial charge in [-0.25, -0.2) is 4.99 Å². The Morgan fingerprint density at radius 1 is 1.56 bits per heavy atom. The Balaban J connectivity index is 2.24. The molecule has 5 heteroatoms. The van der Waals surface area contributed by atoms with E-state index in [-0.39, 0.29) is 0 Å². The minimum atomic E-state index is 0.478. The molecule has 5 nitrogen and oxygen atoms in total. The summed E-state index contributed by atoms with van der Waals surface area (Å²) in [5, 5.41) is 7.48. The summed E-state index contributed by atoms with van der Waals surface area (Å²) in [5.74, 6) is 0.478. The van der Waals surface area contributed by atoms with Crippen LogP contribution in [0.25, 0.3) is 0 Å². The lowest BCUT2D eigenvalue weighted by Crippen LogP contribution is -2.33. The lowest BCUT2D eigenvalue weighted by atomic mass is 10.3. The third kappa shape index (κ3) is 5.03. The number of aromatic nitrogens is 2. The van der Waals surface area contributed by atoms with Gasteiger partial charge < -0.3 is 11.1 Å². The van der Waals surface area contributed by atoms with Gasteiger partial charge in [-0.3, -0.25) is 4.68 Å². The minimum Gasteiger partial charge on any atom is -0.370 e. The molecule has 0 aliphatic heterocycles. The SMILES string of the molecule is C=C(C)CN=C(N)NCCCn1nc(C)cc1C. The van der Waals surface area contributed by atoms with Crippen molar-refractivity contribution in [3.63, 3.8) is 0 Å². The molecule has 1 aromatic heterocycles. The van der Waals surface area contributed by atoms with Crippen molar-refractivity contribution in [3.8, 4) is 0 Å². The third-order valence-electron chi connectivity index (χ3n) is 2.48. The molecule has 0 amide bonds. The Hall–Kier alpha value is -1.78. The largest absolute Gasteiger partial charge is 0.370 e. The standard InChI is InChI=1S/C13H23N5/c1-10(2)9-16-13(14)15-6-5-7-18-12(4)8-11(3)17-18/h8H,1,5-7,9H2,2-4H3,(H3,14,15,16). The van der Waals surface area contributed by atoms with Crippen molar-refractivity contribution in [2.45, 2.75) is 33.7 Å². The fourth-order valence-corrected chi connectivity index (χ4v) is 1.62. The molecule has 0 saturated heterocycles. The van der Waals surface area contributed by atoms with Gasteiger partial charge in [0.2, 0.25) is 0 Å². The fraction of sp³-hybridized carbons (Fsp3) is 0.538. The summed E-state index contributed by atoms with van der Waals surface area (Å²) in [4.78, 5) is 4.15. The lowest BCUT2D eigenvalue weighted by Gasteiger charge is -2.07. The Kier molecular flexibility index (Phi) is 5.42. The highest BCUT2D eigenvalue weighted by atomic mass is 15.3. The normalized spacial score (nSPS) is 11.6. The predicted molar refractivity (Wildman–Crippen MR) is 75.6 cm³/mol. The Morgan fingerprint density at radius 3 is 2.83 bits per heavy atom. The van der Waals surface area contributed by atoms with Gasteiger partial charge in [-0.15, -0.1) is 0 Å². The molecular formula is C13H23N5. The molecule has 0 bridgehead atoms. The molecule has 0 aromatic carbocycles. The van der Waals surface area contributed by atoms with Crippen molar-refractivity contribution in [2.24, 2.45) is 10.7 Å². The van der Waals surface area contributed by atoms with Crippen LogP contribution in [0.4, 0.5) is 0 Å². The zero-order valence-corrected chi connectivity index (χ0v) is 11.5. The molecule has 0 aliphatic carbocycles. The van der Waals surface area contributed by atoms with Crippen molar-refractivity contribution in [3.05, 3.63) is 29.6 Å². The molecule has 0 saturated carbocycles. The molecule has 1 rings (SSSR count). The van der Waals surface area contributed by atoms with Crippen molar-refractivity contribution in [1.29, 1.82) is 0 Å². The van der Waals surface area contributed by atoms with Gasteiger partial charge in [0.15, 0.2) is 5.96 Å². The molecule has 3 N–H and O–H groups in total. The third-order valence-corrected chi connectivity index (χ3v) is 2.48. The van der Waals surface area contributed by atoms with E-state index in [9.17, 15) is 0 Å². The molecule has 18 heavy (non-hydrogen) atoms. The molecule has 1 aromatic rings. The summed E-state index contributed by atoms with van der Waals surface area (Å²) in [7, 11) is 0. The van der Waals surface area contributed by atoms with Crippen molar-refractivity contribution < 1.29 is 0 Å². The first-order valence-electron chi connectivity index (χ1n) is 6.18. The van der Waals surface area contributed by atoms with Crippen LogP contribution < -0.4 is 11.1 Å². The van der Waals surface area contributed by atoms with E-state index in [2.05, 4.69) is 35.0 Å². The minimum absolute atomic E-state index is 0.478. The van der Waals surface area contributed by atoms with Gasteiger partial charge in [0.25, 0.3) is 0 Å². The molecule has 100 valence electrons. The van der Waals surface area contributed by atoms with E-state index in [0.717, 1.165) is 30.8 Å². The summed E-state index contributed by atoms with van der Waals surface area (Å²) in [6.07, 6.45) is 0.964. The average Bonchev–Trinajstić information content (AvgIpc) is 2.60. The van der Waals surface area contributed by atoms with Crippen LogP contribution in [0.15, 0.2) is 23.2 Å². The smallest absolute Gasteiger partial charge is 0.188 e. The topological polar surface area (TPSA) is 68.2 Å².